The highest BCUT2D eigenvalue weighted by Gasteiger charge is 2.46. The number of aliphatic hydroxyl groups excluding tert-OH is 3. The van der Waals surface area contributed by atoms with E-state index in [2.05, 4.69) is 4.74 Å². The standard InChI is InChI=1S/C23H28O9/c1-3-29-23(27)30-13-18-19(24)20(25)21(22(26)32-18)31-17-7-5-4-6-15(17)12-14-8-10-16(28-2)11-9-14/h4-11,18-22,24-26H,3,12-13H2,1-2H3/t18-,19-,20+,21-,22-/m1/s1. The van der Waals surface area contributed by atoms with Crippen molar-refractivity contribution in [2.45, 2.75) is 44.1 Å². The summed E-state index contributed by atoms with van der Waals surface area (Å²) in [5.41, 5.74) is 1.83. The summed E-state index contributed by atoms with van der Waals surface area (Å²) in [4.78, 5) is 11.3. The number of para-hydroxylation sites is 1. The summed E-state index contributed by atoms with van der Waals surface area (Å²) >= 11 is 0. The van der Waals surface area contributed by atoms with Crippen LogP contribution < -0.4 is 9.47 Å². The zero-order chi connectivity index (χ0) is 23.1. The van der Waals surface area contributed by atoms with Gasteiger partial charge >= 0.3 is 6.16 Å². The molecule has 0 saturated carbocycles. The summed E-state index contributed by atoms with van der Waals surface area (Å²) in [5, 5.41) is 31.3. The van der Waals surface area contributed by atoms with E-state index >= 15 is 0 Å². The van der Waals surface area contributed by atoms with Gasteiger partial charge in [-0.15, -0.1) is 0 Å². The maximum atomic E-state index is 11.3. The first-order valence-corrected chi connectivity index (χ1v) is 10.3. The van der Waals surface area contributed by atoms with E-state index in [1.54, 1.807) is 26.2 Å². The van der Waals surface area contributed by atoms with Gasteiger partial charge in [0, 0.05) is 6.42 Å². The quantitative estimate of drug-likeness (QED) is 0.517. The van der Waals surface area contributed by atoms with Crippen LogP contribution in [0.5, 0.6) is 11.5 Å². The maximum absolute atomic E-state index is 11.3. The predicted molar refractivity (Wildman–Crippen MR) is 113 cm³/mol. The molecule has 0 radical (unpaired) electrons. The largest absolute Gasteiger partial charge is 0.508 e. The monoisotopic (exact) mass is 448 g/mol. The smallest absolute Gasteiger partial charge is 0.497 e. The van der Waals surface area contributed by atoms with E-state index < -0.39 is 43.5 Å². The number of hydrogen-bond donors (Lipinski definition) is 3. The highest BCUT2D eigenvalue weighted by atomic mass is 16.7. The van der Waals surface area contributed by atoms with Crippen molar-refractivity contribution in [2.24, 2.45) is 0 Å². The molecule has 0 amide bonds. The SMILES string of the molecule is CCOC(=O)OC[C@H]1O[C@@H](O)[C@H](Oc2ccccc2Cc2ccc(OC)cc2)[C@@H](O)[C@@H]1O. The Morgan fingerprint density at radius 1 is 1.00 bits per heavy atom. The van der Waals surface area contributed by atoms with Gasteiger partial charge in [0.1, 0.15) is 36.4 Å². The Bertz CT molecular complexity index is 870. The van der Waals surface area contributed by atoms with Crippen LogP contribution in [0.1, 0.15) is 18.1 Å². The van der Waals surface area contributed by atoms with E-state index in [0.717, 1.165) is 16.9 Å². The zero-order valence-corrected chi connectivity index (χ0v) is 17.9. The Kier molecular flexibility index (Phi) is 8.29. The lowest BCUT2D eigenvalue weighted by molar-refractivity contribution is -0.281. The number of carbonyl (C=O) groups excluding carboxylic acids is 1. The van der Waals surface area contributed by atoms with E-state index in [4.69, 9.17) is 18.9 Å². The highest BCUT2D eigenvalue weighted by Crippen LogP contribution is 2.28. The van der Waals surface area contributed by atoms with Crippen LogP contribution in [0, 0.1) is 0 Å². The molecule has 5 atom stereocenters. The summed E-state index contributed by atoms with van der Waals surface area (Å²) < 4.78 is 25.9. The normalized spacial score (nSPS) is 25.1. The number of methoxy groups -OCH3 is 1. The fourth-order valence-corrected chi connectivity index (χ4v) is 3.37. The van der Waals surface area contributed by atoms with Crippen molar-refractivity contribution < 1.29 is 43.8 Å². The molecule has 3 rings (SSSR count). The average Bonchev–Trinajstić information content (AvgIpc) is 2.80. The van der Waals surface area contributed by atoms with Gasteiger partial charge in [-0.25, -0.2) is 4.79 Å². The Morgan fingerprint density at radius 2 is 1.72 bits per heavy atom. The van der Waals surface area contributed by atoms with Crippen molar-refractivity contribution in [1.82, 2.24) is 0 Å². The summed E-state index contributed by atoms with van der Waals surface area (Å²) in [7, 11) is 1.60. The lowest BCUT2D eigenvalue weighted by Gasteiger charge is -2.40. The third kappa shape index (κ3) is 5.89. The molecule has 9 heteroatoms. The lowest BCUT2D eigenvalue weighted by atomic mass is 9.98. The van der Waals surface area contributed by atoms with Crippen LogP contribution >= 0.6 is 0 Å². The van der Waals surface area contributed by atoms with Crippen molar-refractivity contribution in [3.8, 4) is 11.5 Å². The van der Waals surface area contributed by atoms with Gasteiger partial charge in [-0.3, -0.25) is 0 Å². The average molecular weight is 448 g/mol. The molecular formula is C23H28O9. The van der Waals surface area contributed by atoms with Gasteiger partial charge in [-0.1, -0.05) is 30.3 Å². The van der Waals surface area contributed by atoms with E-state index in [9.17, 15) is 20.1 Å². The molecule has 3 N–H and O–H groups in total. The van der Waals surface area contributed by atoms with Crippen LogP contribution in [0.2, 0.25) is 0 Å². The molecule has 2 aromatic rings. The molecule has 0 spiro atoms. The van der Waals surface area contributed by atoms with Crippen molar-refractivity contribution in [3.05, 3.63) is 59.7 Å². The molecule has 32 heavy (non-hydrogen) atoms. The third-order valence-electron chi connectivity index (χ3n) is 5.08. The van der Waals surface area contributed by atoms with Gasteiger partial charge in [-0.2, -0.15) is 0 Å². The van der Waals surface area contributed by atoms with Gasteiger partial charge in [-0.05, 0) is 36.2 Å². The van der Waals surface area contributed by atoms with Crippen LogP contribution in [-0.2, 0) is 20.6 Å². The minimum atomic E-state index is -1.56. The van der Waals surface area contributed by atoms with Crippen LogP contribution in [0.3, 0.4) is 0 Å². The molecule has 0 aromatic heterocycles. The highest BCUT2D eigenvalue weighted by molar-refractivity contribution is 5.59. The molecule has 1 saturated heterocycles. The van der Waals surface area contributed by atoms with Crippen LogP contribution in [0.4, 0.5) is 4.79 Å². The zero-order valence-electron chi connectivity index (χ0n) is 17.9. The Labute approximate surface area is 186 Å². The number of ether oxygens (including phenoxy) is 5. The summed E-state index contributed by atoms with van der Waals surface area (Å²) in [5.74, 6) is 1.18. The van der Waals surface area contributed by atoms with Gasteiger partial charge in [0.05, 0.1) is 13.7 Å². The molecule has 1 aliphatic rings. The second-order valence-electron chi connectivity index (χ2n) is 7.26. The van der Waals surface area contributed by atoms with Gasteiger partial charge in [0.2, 0.25) is 0 Å². The second kappa shape index (κ2) is 11.1. The molecule has 1 fully saturated rings. The molecular weight excluding hydrogens is 420 g/mol. The molecule has 174 valence electrons. The van der Waals surface area contributed by atoms with Crippen LogP contribution in [-0.4, -0.2) is 72.5 Å². The topological polar surface area (TPSA) is 124 Å². The molecule has 1 heterocycles. The molecule has 2 aromatic carbocycles. The van der Waals surface area contributed by atoms with Crippen molar-refractivity contribution >= 4 is 6.16 Å². The first kappa shape index (κ1) is 23.8. The molecule has 0 unspecified atom stereocenters. The summed E-state index contributed by atoms with van der Waals surface area (Å²) in [6.07, 6.45) is -7.27. The van der Waals surface area contributed by atoms with E-state index in [1.807, 2.05) is 36.4 Å². The van der Waals surface area contributed by atoms with E-state index in [-0.39, 0.29) is 6.61 Å². The number of hydrogen-bond acceptors (Lipinski definition) is 9. The Morgan fingerprint density at radius 3 is 2.41 bits per heavy atom. The van der Waals surface area contributed by atoms with E-state index in [1.165, 1.54) is 0 Å². The predicted octanol–water partition coefficient (Wildman–Crippen LogP) is 1.65. The molecule has 0 aliphatic carbocycles. The summed E-state index contributed by atoms with van der Waals surface area (Å²) in [6, 6.07) is 14.8. The minimum Gasteiger partial charge on any atom is -0.497 e. The summed E-state index contributed by atoms with van der Waals surface area (Å²) in [6.45, 7) is 1.36. The van der Waals surface area contributed by atoms with Gasteiger partial charge in [0.25, 0.3) is 0 Å². The van der Waals surface area contributed by atoms with Crippen molar-refractivity contribution in [2.75, 3.05) is 20.3 Å². The fraction of sp³-hybridized carbons (Fsp3) is 0.435. The van der Waals surface area contributed by atoms with Crippen molar-refractivity contribution in [1.29, 1.82) is 0 Å². The number of aliphatic hydroxyl groups is 3. The number of carbonyl (C=O) groups is 1. The molecule has 1 aliphatic heterocycles. The maximum Gasteiger partial charge on any atom is 0.508 e. The molecule has 0 bridgehead atoms. The minimum absolute atomic E-state index is 0.129. The van der Waals surface area contributed by atoms with Gasteiger partial charge in [0.15, 0.2) is 12.4 Å². The Hall–Kier alpha value is -2.85. The number of benzene rings is 2. The van der Waals surface area contributed by atoms with Crippen LogP contribution in [0.15, 0.2) is 48.5 Å². The van der Waals surface area contributed by atoms with E-state index in [0.29, 0.717) is 12.2 Å². The van der Waals surface area contributed by atoms with Crippen LogP contribution in [0.25, 0.3) is 0 Å². The number of rotatable bonds is 8. The fourth-order valence-electron chi connectivity index (χ4n) is 3.37. The molecule has 9 nitrogen and oxygen atoms in total. The van der Waals surface area contributed by atoms with Gasteiger partial charge < -0.3 is 39.0 Å². The first-order valence-electron chi connectivity index (χ1n) is 10.3. The van der Waals surface area contributed by atoms with Crippen molar-refractivity contribution in [3.63, 3.8) is 0 Å². The third-order valence-corrected chi connectivity index (χ3v) is 5.08. The second-order valence-corrected chi connectivity index (χ2v) is 7.26. The Balaban J connectivity index is 1.67. The first-order chi connectivity index (χ1) is 15.4. The lowest BCUT2D eigenvalue weighted by Crippen LogP contribution is -2.60.